The summed E-state index contributed by atoms with van der Waals surface area (Å²) in [6.07, 6.45) is 1.72. The maximum Gasteiger partial charge on any atom is 0.264 e. The van der Waals surface area contributed by atoms with E-state index in [-0.39, 0.29) is 5.56 Å². The minimum Gasteiger partial charge on any atom is -0.284 e. The van der Waals surface area contributed by atoms with Crippen molar-refractivity contribution in [1.29, 1.82) is 0 Å². The summed E-state index contributed by atoms with van der Waals surface area (Å²) < 4.78 is 53.0. The van der Waals surface area contributed by atoms with Gasteiger partial charge in [-0.25, -0.2) is 17.2 Å². The number of benzene rings is 3. The fraction of sp³-hybridized carbons (Fsp3) is 0.167. The van der Waals surface area contributed by atoms with Gasteiger partial charge in [0, 0.05) is 11.3 Å². The zero-order valence-electron chi connectivity index (χ0n) is 16.4. The van der Waals surface area contributed by atoms with E-state index >= 15 is 0 Å². The predicted octanol–water partition coefficient (Wildman–Crippen LogP) is 5.68. The van der Waals surface area contributed by atoms with Crippen LogP contribution in [0.5, 0.6) is 0 Å². The first kappa shape index (κ1) is 20.3. The number of halogens is 2. The minimum atomic E-state index is -3.40. The number of hydrogen-bond acceptors (Lipinski definition) is 2. The summed E-state index contributed by atoms with van der Waals surface area (Å²) in [5, 5.41) is 0. The first-order valence-corrected chi connectivity index (χ1v) is 11.5. The van der Waals surface area contributed by atoms with Gasteiger partial charge in [-0.2, -0.15) is 0 Å². The standard InChI is InChI=1S/C24H21F2NO2S/c1-30(28,29)27-18-8-4-6-16(14-18)15-23-19-9-3-2-7-17(19)12-13-21-20(23)10-5-11-22(21)24(25)26/h2-11,14-15,24,27H,12-13H2,1H3. The molecule has 30 heavy (non-hydrogen) atoms. The van der Waals surface area contributed by atoms with Gasteiger partial charge in [-0.3, -0.25) is 4.72 Å². The Hall–Kier alpha value is -2.99. The Morgan fingerprint density at radius 3 is 2.43 bits per heavy atom. The van der Waals surface area contributed by atoms with Crippen LogP contribution in [0.2, 0.25) is 0 Å². The zero-order valence-corrected chi connectivity index (χ0v) is 17.2. The van der Waals surface area contributed by atoms with Gasteiger partial charge in [-0.1, -0.05) is 54.6 Å². The van der Waals surface area contributed by atoms with E-state index in [1.54, 1.807) is 24.3 Å². The molecule has 4 rings (SSSR count). The van der Waals surface area contributed by atoms with E-state index < -0.39 is 16.4 Å². The second kappa shape index (κ2) is 8.03. The average Bonchev–Trinajstić information content (AvgIpc) is 2.84. The summed E-state index contributed by atoms with van der Waals surface area (Å²) in [5.41, 5.74) is 5.73. The number of aryl methyl sites for hydroxylation is 1. The van der Waals surface area contributed by atoms with Crippen molar-refractivity contribution in [3.8, 4) is 0 Å². The van der Waals surface area contributed by atoms with Crippen molar-refractivity contribution in [2.45, 2.75) is 19.3 Å². The smallest absolute Gasteiger partial charge is 0.264 e. The monoisotopic (exact) mass is 425 g/mol. The second-order valence-corrected chi connectivity index (χ2v) is 9.14. The molecular weight excluding hydrogens is 404 g/mol. The van der Waals surface area contributed by atoms with Crippen molar-refractivity contribution in [1.82, 2.24) is 0 Å². The summed E-state index contributed by atoms with van der Waals surface area (Å²) in [5.74, 6) is 0. The van der Waals surface area contributed by atoms with Gasteiger partial charge in [-0.15, -0.1) is 0 Å². The van der Waals surface area contributed by atoms with Gasteiger partial charge in [0.15, 0.2) is 0 Å². The van der Waals surface area contributed by atoms with E-state index in [1.807, 2.05) is 42.5 Å². The van der Waals surface area contributed by atoms with E-state index in [0.29, 0.717) is 24.1 Å². The molecule has 0 atom stereocenters. The van der Waals surface area contributed by atoms with Gasteiger partial charge in [0.1, 0.15) is 0 Å². The van der Waals surface area contributed by atoms with Gasteiger partial charge in [0.05, 0.1) is 6.26 Å². The van der Waals surface area contributed by atoms with E-state index in [2.05, 4.69) is 4.72 Å². The Morgan fingerprint density at radius 2 is 1.67 bits per heavy atom. The highest BCUT2D eigenvalue weighted by molar-refractivity contribution is 7.92. The minimum absolute atomic E-state index is 0.0682. The van der Waals surface area contributed by atoms with Gasteiger partial charge >= 0.3 is 0 Å². The number of fused-ring (bicyclic) bond motifs is 2. The molecule has 0 aromatic heterocycles. The lowest BCUT2D eigenvalue weighted by Crippen LogP contribution is -2.09. The van der Waals surface area contributed by atoms with Crippen LogP contribution in [-0.2, 0) is 22.9 Å². The van der Waals surface area contributed by atoms with Crippen molar-refractivity contribution >= 4 is 27.4 Å². The molecule has 0 unspecified atom stereocenters. The first-order valence-electron chi connectivity index (χ1n) is 9.60. The molecule has 0 saturated heterocycles. The predicted molar refractivity (Wildman–Crippen MR) is 117 cm³/mol. The summed E-state index contributed by atoms with van der Waals surface area (Å²) in [6.45, 7) is 0. The van der Waals surface area contributed by atoms with Crippen LogP contribution in [0.3, 0.4) is 0 Å². The molecule has 3 aromatic carbocycles. The molecule has 6 heteroatoms. The van der Waals surface area contributed by atoms with Crippen LogP contribution < -0.4 is 4.72 Å². The van der Waals surface area contributed by atoms with Crippen molar-refractivity contribution < 1.29 is 17.2 Å². The fourth-order valence-corrected chi connectivity index (χ4v) is 4.53. The largest absolute Gasteiger partial charge is 0.284 e. The molecule has 0 saturated carbocycles. The number of sulfonamides is 1. The van der Waals surface area contributed by atoms with Crippen LogP contribution in [0.15, 0.2) is 66.7 Å². The van der Waals surface area contributed by atoms with Crippen LogP contribution in [0.1, 0.15) is 39.8 Å². The van der Waals surface area contributed by atoms with Gasteiger partial charge < -0.3 is 0 Å². The molecule has 154 valence electrons. The van der Waals surface area contributed by atoms with E-state index in [9.17, 15) is 17.2 Å². The number of alkyl halides is 2. The van der Waals surface area contributed by atoms with Crippen molar-refractivity contribution in [3.05, 3.63) is 100 Å². The number of rotatable bonds is 4. The first-order chi connectivity index (χ1) is 14.3. The third-order valence-electron chi connectivity index (χ3n) is 5.19. The molecule has 0 fully saturated rings. The Bertz CT molecular complexity index is 1230. The molecular formula is C24H21F2NO2S. The SMILES string of the molecule is CS(=O)(=O)Nc1cccc(C=C2c3ccccc3CCc3c2cccc3C(F)F)c1. The normalized spacial score (nSPS) is 14.9. The maximum atomic E-state index is 13.7. The van der Waals surface area contributed by atoms with Crippen molar-refractivity contribution in [3.63, 3.8) is 0 Å². The fourth-order valence-electron chi connectivity index (χ4n) is 3.97. The molecule has 0 amide bonds. The summed E-state index contributed by atoms with van der Waals surface area (Å²) >= 11 is 0. The highest BCUT2D eigenvalue weighted by atomic mass is 32.2. The Morgan fingerprint density at radius 1 is 0.933 bits per heavy atom. The molecule has 0 bridgehead atoms. The zero-order chi connectivity index (χ0) is 21.3. The van der Waals surface area contributed by atoms with Crippen molar-refractivity contribution in [2.24, 2.45) is 0 Å². The highest BCUT2D eigenvalue weighted by Gasteiger charge is 2.23. The topological polar surface area (TPSA) is 46.2 Å². The lowest BCUT2D eigenvalue weighted by molar-refractivity contribution is 0.150. The van der Waals surface area contributed by atoms with Crippen molar-refractivity contribution in [2.75, 3.05) is 11.0 Å². The summed E-state index contributed by atoms with van der Waals surface area (Å²) in [4.78, 5) is 0. The number of anilines is 1. The second-order valence-electron chi connectivity index (χ2n) is 7.39. The van der Waals surface area contributed by atoms with Crippen LogP contribution in [-0.4, -0.2) is 14.7 Å². The molecule has 3 nitrogen and oxygen atoms in total. The molecule has 0 radical (unpaired) electrons. The third-order valence-corrected chi connectivity index (χ3v) is 5.80. The average molecular weight is 426 g/mol. The van der Waals surface area contributed by atoms with Crippen LogP contribution in [0, 0.1) is 0 Å². The number of hydrogen-bond donors (Lipinski definition) is 1. The van der Waals surface area contributed by atoms with E-state index in [1.165, 1.54) is 6.07 Å². The molecule has 0 spiro atoms. The highest BCUT2D eigenvalue weighted by Crippen LogP contribution is 2.38. The lowest BCUT2D eigenvalue weighted by Gasteiger charge is -2.15. The third kappa shape index (κ3) is 4.28. The molecule has 0 aliphatic heterocycles. The van der Waals surface area contributed by atoms with Crippen LogP contribution in [0.25, 0.3) is 11.6 Å². The summed E-state index contributed by atoms with van der Waals surface area (Å²) in [7, 11) is -3.40. The van der Waals surface area contributed by atoms with Gasteiger partial charge in [0.2, 0.25) is 10.0 Å². The maximum absolute atomic E-state index is 13.7. The molecule has 1 N–H and O–H groups in total. The van der Waals surface area contributed by atoms with E-state index in [4.69, 9.17) is 0 Å². The van der Waals surface area contributed by atoms with Crippen LogP contribution >= 0.6 is 0 Å². The Labute approximate surface area is 175 Å². The molecule has 0 heterocycles. The molecule has 1 aliphatic rings. The van der Waals surface area contributed by atoms with Gasteiger partial charge in [-0.05, 0) is 64.4 Å². The number of nitrogens with one attached hydrogen (secondary N) is 1. The van der Waals surface area contributed by atoms with Gasteiger partial charge in [0.25, 0.3) is 6.43 Å². The lowest BCUT2D eigenvalue weighted by atomic mass is 9.90. The summed E-state index contributed by atoms with van der Waals surface area (Å²) in [6, 6.07) is 20.0. The molecule has 3 aromatic rings. The Kier molecular flexibility index (Phi) is 5.43. The quantitative estimate of drug-likeness (QED) is 0.584. The molecule has 1 aliphatic carbocycles. The van der Waals surface area contributed by atoms with E-state index in [0.717, 1.165) is 34.1 Å². The van der Waals surface area contributed by atoms with Crippen LogP contribution in [0.4, 0.5) is 14.5 Å². The Balaban J connectivity index is 1.91.